The predicted octanol–water partition coefficient (Wildman–Crippen LogP) is 4.09. The predicted molar refractivity (Wildman–Crippen MR) is 107 cm³/mol. The standard InChI is InChI=1S/C19H20ClN3O2S/c1-4-13(17(21)24)23-14(5-2)22-18-16(19(23)25)15(10(3)26-18)11-6-8-12(20)9-7-11/h6-9,13H,4-5H2,1-3H3,(H2,21,24). The van der Waals surface area contributed by atoms with Gasteiger partial charge in [-0.15, -0.1) is 11.3 Å². The smallest absolute Gasteiger partial charge is 0.263 e. The van der Waals surface area contributed by atoms with Gasteiger partial charge in [-0.1, -0.05) is 37.6 Å². The van der Waals surface area contributed by atoms with Gasteiger partial charge >= 0.3 is 0 Å². The van der Waals surface area contributed by atoms with Crippen molar-refractivity contribution in [1.82, 2.24) is 9.55 Å². The first-order valence-electron chi connectivity index (χ1n) is 8.48. The van der Waals surface area contributed by atoms with E-state index in [2.05, 4.69) is 4.98 Å². The Bertz CT molecular complexity index is 1040. The third kappa shape index (κ3) is 3.04. The quantitative estimate of drug-likeness (QED) is 0.713. The molecular weight excluding hydrogens is 370 g/mol. The van der Waals surface area contributed by atoms with Crippen LogP contribution in [-0.4, -0.2) is 15.5 Å². The van der Waals surface area contributed by atoms with Gasteiger partial charge in [-0.2, -0.15) is 0 Å². The summed E-state index contributed by atoms with van der Waals surface area (Å²) in [5.74, 6) is 0.0579. The molecule has 2 N–H and O–H groups in total. The molecule has 136 valence electrons. The Hall–Kier alpha value is -2.18. The lowest BCUT2D eigenvalue weighted by Gasteiger charge is -2.18. The molecule has 1 amide bonds. The Morgan fingerprint density at radius 3 is 2.50 bits per heavy atom. The first-order chi connectivity index (χ1) is 12.4. The van der Waals surface area contributed by atoms with Gasteiger partial charge in [0.2, 0.25) is 5.91 Å². The second-order valence-electron chi connectivity index (χ2n) is 6.10. The fraction of sp³-hybridized carbons (Fsp3) is 0.316. The maximum Gasteiger partial charge on any atom is 0.263 e. The van der Waals surface area contributed by atoms with E-state index in [0.717, 1.165) is 16.0 Å². The van der Waals surface area contributed by atoms with Crippen LogP contribution in [0.1, 0.15) is 37.0 Å². The van der Waals surface area contributed by atoms with Gasteiger partial charge in [-0.3, -0.25) is 14.2 Å². The van der Waals surface area contributed by atoms with E-state index in [-0.39, 0.29) is 5.56 Å². The summed E-state index contributed by atoms with van der Waals surface area (Å²) in [7, 11) is 0. The number of thiophene rings is 1. The zero-order chi connectivity index (χ0) is 19.0. The van der Waals surface area contributed by atoms with E-state index in [0.29, 0.717) is 33.9 Å². The normalized spacial score (nSPS) is 12.5. The van der Waals surface area contributed by atoms with E-state index in [1.165, 1.54) is 15.9 Å². The summed E-state index contributed by atoms with van der Waals surface area (Å²) in [6, 6.07) is 6.67. The molecule has 1 atom stereocenters. The van der Waals surface area contributed by atoms with E-state index >= 15 is 0 Å². The van der Waals surface area contributed by atoms with E-state index in [1.807, 2.05) is 32.9 Å². The number of rotatable bonds is 5. The van der Waals surface area contributed by atoms with Crippen molar-refractivity contribution in [2.24, 2.45) is 5.73 Å². The van der Waals surface area contributed by atoms with Crippen LogP contribution in [0.5, 0.6) is 0 Å². The van der Waals surface area contributed by atoms with Crippen molar-refractivity contribution in [2.45, 2.75) is 39.7 Å². The number of hydrogen-bond donors (Lipinski definition) is 1. The van der Waals surface area contributed by atoms with E-state index in [9.17, 15) is 9.59 Å². The van der Waals surface area contributed by atoms with Crippen LogP contribution < -0.4 is 11.3 Å². The Balaban J connectivity index is 2.39. The molecule has 7 heteroatoms. The fourth-order valence-electron chi connectivity index (χ4n) is 3.26. The largest absolute Gasteiger partial charge is 0.368 e. The molecule has 0 spiro atoms. The van der Waals surface area contributed by atoms with Gasteiger partial charge in [0.05, 0.1) is 5.39 Å². The van der Waals surface area contributed by atoms with Gasteiger partial charge in [-0.05, 0) is 31.0 Å². The van der Waals surface area contributed by atoms with Crippen molar-refractivity contribution in [2.75, 3.05) is 0 Å². The molecule has 3 aromatic rings. The van der Waals surface area contributed by atoms with Crippen LogP contribution in [0.25, 0.3) is 21.3 Å². The van der Waals surface area contributed by atoms with Crippen molar-refractivity contribution in [1.29, 1.82) is 0 Å². The Labute approximate surface area is 160 Å². The van der Waals surface area contributed by atoms with Crippen LogP contribution in [0.3, 0.4) is 0 Å². The zero-order valence-corrected chi connectivity index (χ0v) is 16.4. The number of carbonyl (C=O) groups excluding carboxylic acids is 1. The lowest BCUT2D eigenvalue weighted by Crippen LogP contribution is -2.36. The van der Waals surface area contributed by atoms with Crippen LogP contribution in [-0.2, 0) is 11.2 Å². The highest BCUT2D eigenvalue weighted by atomic mass is 35.5. The van der Waals surface area contributed by atoms with Crippen molar-refractivity contribution in [3.63, 3.8) is 0 Å². The van der Waals surface area contributed by atoms with Gasteiger partial charge in [0.25, 0.3) is 5.56 Å². The molecular formula is C19H20ClN3O2S. The van der Waals surface area contributed by atoms with Crippen LogP contribution in [0.4, 0.5) is 0 Å². The van der Waals surface area contributed by atoms with Gasteiger partial charge in [0.15, 0.2) is 0 Å². The average Bonchev–Trinajstić information content (AvgIpc) is 2.94. The summed E-state index contributed by atoms with van der Waals surface area (Å²) in [5.41, 5.74) is 7.08. The summed E-state index contributed by atoms with van der Waals surface area (Å²) in [6.07, 6.45) is 0.983. The molecule has 0 aliphatic heterocycles. The summed E-state index contributed by atoms with van der Waals surface area (Å²) >= 11 is 7.48. The molecule has 0 saturated heterocycles. The second-order valence-corrected chi connectivity index (χ2v) is 7.74. The number of fused-ring (bicyclic) bond motifs is 1. The number of nitrogens with zero attached hydrogens (tertiary/aromatic N) is 2. The minimum absolute atomic E-state index is 0.216. The zero-order valence-electron chi connectivity index (χ0n) is 14.9. The highest BCUT2D eigenvalue weighted by Gasteiger charge is 2.25. The summed E-state index contributed by atoms with van der Waals surface area (Å²) < 4.78 is 1.47. The highest BCUT2D eigenvalue weighted by molar-refractivity contribution is 7.19. The topological polar surface area (TPSA) is 78.0 Å². The molecule has 2 heterocycles. The molecule has 3 rings (SSSR count). The van der Waals surface area contributed by atoms with Gasteiger partial charge in [0.1, 0.15) is 16.7 Å². The maximum atomic E-state index is 13.4. The average molecular weight is 390 g/mol. The molecule has 0 radical (unpaired) electrons. The molecule has 0 saturated carbocycles. The van der Waals surface area contributed by atoms with Crippen molar-refractivity contribution >= 4 is 39.1 Å². The van der Waals surface area contributed by atoms with Crippen LogP contribution >= 0.6 is 22.9 Å². The van der Waals surface area contributed by atoms with Crippen LogP contribution in [0, 0.1) is 6.92 Å². The minimum Gasteiger partial charge on any atom is -0.368 e. The van der Waals surface area contributed by atoms with Gasteiger partial charge in [-0.25, -0.2) is 4.98 Å². The summed E-state index contributed by atoms with van der Waals surface area (Å²) in [5, 5.41) is 1.17. The van der Waals surface area contributed by atoms with Crippen molar-refractivity contribution < 1.29 is 4.79 Å². The molecule has 1 unspecified atom stereocenters. The van der Waals surface area contributed by atoms with Crippen LogP contribution in [0.2, 0.25) is 5.02 Å². The fourth-order valence-corrected chi connectivity index (χ4v) is 4.44. The molecule has 0 aliphatic carbocycles. The number of aromatic nitrogens is 2. The Kier molecular flexibility index (Phi) is 5.16. The van der Waals surface area contributed by atoms with Crippen molar-refractivity contribution in [3.8, 4) is 11.1 Å². The molecule has 26 heavy (non-hydrogen) atoms. The third-order valence-electron chi connectivity index (χ3n) is 4.48. The number of amides is 1. The number of nitrogens with two attached hydrogens (primary N) is 1. The van der Waals surface area contributed by atoms with E-state index in [1.54, 1.807) is 12.1 Å². The summed E-state index contributed by atoms with van der Waals surface area (Å²) in [6.45, 7) is 5.72. The molecule has 1 aromatic carbocycles. The maximum absolute atomic E-state index is 13.4. The number of benzene rings is 1. The molecule has 5 nitrogen and oxygen atoms in total. The number of hydrogen-bond acceptors (Lipinski definition) is 4. The summed E-state index contributed by atoms with van der Waals surface area (Å²) in [4.78, 5) is 31.7. The number of primary amides is 1. The molecule has 0 aliphatic rings. The highest BCUT2D eigenvalue weighted by Crippen LogP contribution is 2.36. The lowest BCUT2D eigenvalue weighted by atomic mass is 10.0. The monoisotopic (exact) mass is 389 g/mol. The Morgan fingerprint density at radius 1 is 1.31 bits per heavy atom. The van der Waals surface area contributed by atoms with E-state index in [4.69, 9.17) is 17.3 Å². The minimum atomic E-state index is -0.701. The molecule has 2 aromatic heterocycles. The van der Waals surface area contributed by atoms with Crippen molar-refractivity contribution in [3.05, 3.63) is 50.3 Å². The first kappa shape index (κ1) is 18.6. The Morgan fingerprint density at radius 2 is 1.96 bits per heavy atom. The first-order valence-corrected chi connectivity index (χ1v) is 9.68. The second kappa shape index (κ2) is 7.21. The number of aryl methyl sites for hydroxylation is 2. The van der Waals surface area contributed by atoms with Gasteiger partial charge < -0.3 is 5.73 Å². The van der Waals surface area contributed by atoms with Crippen LogP contribution in [0.15, 0.2) is 29.1 Å². The number of carbonyl (C=O) groups is 1. The molecule has 0 bridgehead atoms. The number of halogens is 1. The SMILES string of the molecule is CCc1nc2sc(C)c(-c3ccc(Cl)cc3)c2c(=O)n1C(CC)C(N)=O. The molecule has 0 fully saturated rings. The lowest BCUT2D eigenvalue weighted by molar-refractivity contribution is -0.121. The third-order valence-corrected chi connectivity index (χ3v) is 5.73. The van der Waals surface area contributed by atoms with Gasteiger partial charge in [0, 0.05) is 21.9 Å². The van der Waals surface area contributed by atoms with E-state index < -0.39 is 11.9 Å².